The Morgan fingerprint density at radius 1 is 1.37 bits per heavy atom. The van der Waals surface area contributed by atoms with E-state index < -0.39 is 18.6 Å². The summed E-state index contributed by atoms with van der Waals surface area (Å²) in [4.78, 5) is 10.7. The summed E-state index contributed by atoms with van der Waals surface area (Å²) in [6, 6.07) is 4.41. The number of hydrogen-bond donors (Lipinski definition) is 1. The molecule has 1 N–H and O–H groups in total. The second kappa shape index (κ2) is 6.91. The van der Waals surface area contributed by atoms with Crippen LogP contribution in [0.25, 0.3) is 0 Å². The lowest BCUT2D eigenvalue weighted by atomic mass is 10.1. The molecule has 0 aliphatic rings. The molecule has 0 amide bonds. The number of rotatable bonds is 6. The fraction of sp³-hybridized carbons (Fsp3) is 0.417. The topological polar surface area (TPSA) is 46.5 Å². The smallest absolute Gasteiger partial charge is 0.389 e. The Balaban J connectivity index is 2.40. The van der Waals surface area contributed by atoms with Gasteiger partial charge in [-0.1, -0.05) is 22.0 Å². The van der Waals surface area contributed by atoms with E-state index in [-0.39, 0.29) is 25.2 Å². The molecule has 0 atom stereocenters. The highest BCUT2D eigenvalue weighted by Gasteiger charge is 2.25. The molecule has 1 rings (SSSR count). The summed E-state index contributed by atoms with van der Waals surface area (Å²) in [5.74, 6) is -1.04. The van der Waals surface area contributed by atoms with Crippen molar-refractivity contribution in [2.75, 3.05) is 6.61 Å². The molecule has 0 aliphatic heterocycles. The van der Waals surface area contributed by atoms with E-state index in [4.69, 9.17) is 9.84 Å². The van der Waals surface area contributed by atoms with Gasteiger partial charge in [0.25, 0.3) is 0 Å². The Morgan fingerprint density at radius 2 is 2.05 bits per heavy atom. The van der Waals surface area contributed by atoms with Gasteiger partial charge in [-0.25, -0.2) is 4.79 Å². The van der Waals surface area contributed by atoms with E-state index in [1.807, 2.05) is 0 Å². The Bertz CT molecular complexity index is 446. The van der Waals surface area contributed by atoms with Crippen LogP contribution in [0.1, 0.15) is 28.8 Å². The molecule has 0 bridgehead atoms. The quantitative estimate of drug-likeness (QED) is 0.796. The molecule has 1 aromatic carbocycles. The Kier molecular flexibility index (Phi) is 5.81. The van der Waals surface area contributed by atoms with Crippen molar-refractivity contribution >= 4 is 21.9 Å². The minimum absolute atomic E-state index is 0.00658. The maximum atomic E-state index is 11.9. The Morgan fingerprint density at radius 3 is 2.58 bits per heavy atom. The summed E-state index contributed by atoms with van der Waals surface area (Å²) in [6.45, 7) is 0.144. The minimum atomic E-state index is -4.16. The lowest BCUT2D eigenvalue weighted by Crippen LogP contribution is -2.08. The van der Waals surface area contributed by atoms with Gasteiger partial charge in [0.15, 0.2) is 0 Å². The van der Waals surface area contributed by atoms with Gasteiger partial charge in [0, 0.05) is 17.5 Å². The van der Waals surface area contributed by atoms with Crippen molar-refractivity contribution in [1.82, 2.24) is 0 Å². The van der Waals surface area contributed by atoms with Crippen molar-refractivity contribution < 1.29 is 27.8 Å². The molecule has 106 valence electrons. The second-order valence-corrected chi connectivity index (χ2v) is 4.74. The number of carboxylic acid groups (broad SMARTS) is 1. The molecule has 0 heterocycles. The molecule has 0 spiro atoms. The number of hydrogen-bond acceptors (Lipinski definition) is 2. The van der Waals surface area contributed by atoms with Crippen molar-refractivity contribution in [3.63, 3.8) is 0 Å². The number of aromatic carboxylic acids is 1. The van der Waals surface area contributed by atoms with Crippen LogP contribution < -0.4 is 0 Å². The molecular formula is C12H12BrF3O3. The third kappa shape index (κ3) is 6.07. The van der Waals surface area contributed by atoms with Gasteiger partial charge in [0.1, 0.15) is 0 Å². The largest absolute Gasteiger partial charge is 0.478 e. The Labute approximate surface area is 116 Å². The molecule has 1 aromatic rings. The third-order valence-electron chi connectivity index (χ3n) is 2.31. The predicted octanol–water partition coefficient (Wildman–Crippen LogP) is 4.01. The summed E-state index contributed by atoms with van der Waals surface area (Å²) in [6.07, 6.45) is -5.12. The van der Waals surface area contributed by atoms with Gasteiger partial charge in [-0.05, 0) is 24.1 Å². The monoisotopic (exact) mass is 340 g/mol. The summed E-state index contributed by atoms with van der Waals surface area (Å²) >= 11 is 3.19. The van der Waals surface area contributed by atoms with Crippen molar-refractivity contribution in [3.8, 4) is 0 Å². The van der Waals surface area contributed by atoms with Crippen LogP contribution >= 0.6 is 15.9 Å². The van der Waals surface area contributed by atoms with Gasteiger partial charge < -0.3 is 9.84 Å². The summed E-state index contributed by atoms with van der Waals surface area (Å²) in [7, 11) is 0. The molecule has 0 saturated heterocycles. The number of ether oxygens (including phenoxy) is 1. The number of halogens is 4. The predicted molar refractivity (Wildman–Crippen MR) is 66.0 cm³/mol. The van der Waals surface area contributed by atoms with Gasteiger partial charge in [-0.15, -0.1) is 0 Å². The highest BCUT2D eigenvalue weighted by Crippen LogP contribution is 2.22. The first-order valence-corrected chi connectivity index (χ1v) is 6.25. The zero-order valence-corrected chi connectivity index (χ0v) is 11.4. The normalized spacial score (nSPS) is 11.6. The fourth-order valence-electron chi connectivity index (χ4n) is 1.35. The summed E-state index contributed by atoms with van der Waals surface area (Å²) in [5.41, 5.74) is 0.824. The van der Waals surface area contributed by atoms with E-state index in [0.717, 1.165) is 0 Å². The van der Waals surface area contributed by atoms with Crippen LogP contribution in [-0.4, -0.2) is 23.9 Å². The minimum Gasteiger partial charge on any atom is -0.478 e. The van der Waals surface area contributed by atoms with Crippen molar-refractivity contribution in [2.45, 2.75) is 25.6 Å². The molecule has 0 unspecified atom stereocenters. The zero-order valence-electron chi connectivity index (χ0n) is 9.84. The average Bonchev–Trinajstić information content (AvgIpc) is 2.28. The molecule has 0 saturated carbocycles. The van der Waals surface area contributed by atoms with Crippen LogP contribution in [0.15, 0.2) is 22.7 Å². The van der Waals surface area contributed by atoms with Crippen LogP contribution in [0.3, 0.4) is 0 Å². The van der Waals surface area contributed by atoms with Crippen LogP contribution in [0, 0.1) is 0 Å². The van der Waals surface area contributed by atoms with Crippen molar-refractivity contribution in [1.29, 1.82) is 0 Å². The molecule has 19 heavy (non-hydrogen) atoms. The SMILES string of the molecule is O=C(O)c1ccc(COCCCC(F)(F)F)c(Br)c1. The number of carbonyl (C=O) groups is 1. The van der Waals surface area contributed by atoms with E-state index in [9.17, 15) is 18.0 Å². The van der Waals surface area contributed by atoms with Gasteiger partial charge in [-0.3, -0.25) is 0 Å². The first kappa shape index (κ1) is 16.0. The maximum absolute atomic E-state index is 11.9. The molecule has 0 aliphatic carbocycles. The van der Waals surface area contributed by atoms with Crippen LogP contribution in [0.5, 0.6) is 0 Å². The lowest BCUT2D eigenvalue weighted by molar-refractivity contribution is -0.138. The standard InChI is InChI=1S/C12H12BrF3O3/c13-10-6-8(11(17)18)2-3-9(10)7-19-5-1-4-12(14,15)16/h2-3,6H,1,4-5,7H2,(H,17,18). The van der Waals surface area contributed by atoms with Crippen LogP contribution in [0.4, 0.5) is 13.2 Å². The van der Waals surface area contributed by atoms with Gasteiger partial charge in [0.05, 0.1) is 12.2 Å². The third-order valence-corrected chi connectivity index (χ3v) is 3.04. The Hall–Kier alpha value is -1.08. The van der Waals surface area contributed by atoms with E-state index in [1.165, 1.54) is 12.1 Å². The van der Waals surface area contributed by atoms with Crippen LogP contribution in [-0.2, 0) is 11.3 Å². The molecular weight excluding hydrogens is 329 g/mol. The first-order valence-electron chi connectivity index (χ1n) is 5.46. The van der Waals surface area contributed by atoms with Crippen molar-refractivity contribution in [3.05, 3.63) is 33.8 Å². The second-order valence-electron chi connectivity index (χ2n) is 3.88. The first-order chi connectivity index (χ1) is 8.79. The van der Waals surface area contributed by atoms with Gasteiger partial charge in [-0.2, -0.15) is 13.2 Å². The highest BCUT2D eigenvalue weighted by molar-refractivity contribution is 9.10. The van der Waals surface area contributed by atoms with E-state index in [1.54, 1.807) is 6.07 Å². The number of alkyl halides is 3. The number of benzene rings is 1. The average molecular weight is 341 g/mol. The molecule has 0 aromatic heterocycles. The van der Waals surface area contributed by atoms with E-state index >= 15 is 0 Å². The maximum Gasteiger partial charge on any atom is 0.389 e. The zero-order chi connectivity index (χ0) is 14.5. The van der Waals surface area contributed by atoms with E-state index in [2.05, 4.69) is 15.9 Å². The summed E-state index contributed by atoms with van der Waals surface area (Å²) < 4.78 is 41.3. The van der Waals surface area contributed by atoms with E-state index in [0.29, 0.717) is 10.0 Å². The number of carboxylic acids is 1. The lowest BCUT2D eigenvalue weighted by Gasteiger charge is -2.08. The van der Waals surface area contributed by atoms with Crippen LogP contribution in [0.2, 0.25) is 0 Å². The summed E-state index contributed by atoms with van der Waals surface area (Å²) in [5, 5.41) is 8.76. The highest BCUT2D eigenvalue weighted by atomic mass is 79.9. The molecule has 7 heteroatoms. The molecule has 3 nitrogen and oxygen atoms in total. The van der Waals surface area contributed by atoms with Gasteiger partial charge >= 0.3 is 12.1 Å². The fourth-order valence-corrected chi connectivity index (χ4v) is 1.85. The molecule has 0 fully saturated rings. The van der Waals surface area contributed by atoms with Gasteiger partial charge in [0.2, 0.25) is 0 Å². The van der Waals surface area contributed by atoms with Crippen molar-refractivity contribution in [2.24, 2.45) is 0 Å². The molecule has 0 radical (unpaired) electrons.